The first-order chi connectivity index (χ1) is 8.72. The zero-order valence-electron chi connectivity index (χ0n) is 10.3. The number of carbonyl (C=O) groups is 1. The van der Waals surface area contributed by atoms with Gasteiger partial charge >= 0.3 is 6.03 Å². The molecule has 0 aliphatic rings. The van der Waals surface area contributed by atoms with Crippen LogP contribution >= 0.6 is 11.6 Å². The molecule has 1 aromatic rings. The van der Waals surface area contributed by atoms with Crippen molar-refractivity contribution in [2.75, 3.05) is 13.2 Å². The summed E-state index contributed by atoms with van der Waals surface area (Å²) in [5, 5.41) is 14.8. The fourth-order valence-electron chi connectivity index (χ4n) is 1.46. The highest BCUT2D eigenvalue weighted by atomic mass is 35.5. The molecule has 0 heterocycles. The van der Waals surface area contributed by atoms with Crippen LogP contribution in [-0.2, 0) is 6.54 Å². The molecule has 0 spiro atoms. The molecule has 0 aromatic heterocycles. The first-order valence-electron chi connectivity index (χ1n) is 6.09. The van der Waals surface area contributed by atoms with Gasteiger partial charge in [-0.05, 0) is 37.0 Å². The molecule has 4 nitrogen and oxygen atoms in total. The average Bonchev–Trinajstić information content (AvgIpc) is 2.38. The summed E-state index contributed by atoms with van der Waals surface area (Å²) in [4.78, 5) is 11.4. The number of rotatable bonds is 7. The third-order valence-electron chi connectivity index (χ3n) is 2.49. The smallest absolute Gasteiger partial charge is 0.315 e. The molecule has 0 aliphatic heterocycles. The third kappa shape index (κ3) is 6.47. The van der Waals surface area contributed by atoms with Crippen LogP contribution in [0, 0.1) is 0 Å². The highest BCUT2D eigenvalue weighted by Crippen LogP contribution is 2.08. The van der Waals surface area contributed by atoms with Crippen molar-refractivity contribution >= 4 is 17.6 Å². The van der Waals surface area contributed by atoms with Crippen molar-refractivity contribution in [2.24, 2.45) is 0 Å². The van der Waals surface area contributed by atoms with Crippen LogP contribution in [-0.4, -0.2) is 24.3 Å². The molecule has 1 rings (SSSR count). The highest BCUT2D eigenvalue weighted by Gasteiger charge is 1.99. The van der Waals surface area contributed by atoms with E-state index in [0.717, 1.165) is 24.8 Å². The summed E-state index contributed by atoms with van der Waals surface area (Å²) in [6.07, 6.45) is 2.59. The molecule has 100 valence electrons. The second-order valence-corrected chi connectivity index (χ2v) is 4.46. The maximum Gasteiger partial charge on any atom is 0.315 e. The molecular weight excluding hydrogens is 252 g/mol. The fraction of sp³-hybridized carbons (Fsp3) is 0.462. The zero-order valence-corrected chi connectivity index (χ0v) is 11.0. The minimum absolute atomic E-state index is 0.172. The molecule has 0 unspecified atom stereocenters. The van der Waals surface area contributed by atoms with E-state index in [0.29, 0.717) is 18.1 Å². The summed E-state index contributed by atoms with van der Waals surface area (Å²) in [5.41, 5.74) is 1.01. The second-order valence-electron chi connectivity index (χ2n) is 4.02. The van der Waals surface area contributed by atoms with E-state index in [1.807, 2.05) is 12.1 Å². The molecule has 0 saturated carbocycles. The molecule has 3 N–H and O–H groups in total. The van der Waals surface area contributed by atoms with E-state index >= 15 is 0 Å². The molecule has 18 heavy (non-hydrogen) atoms. The van der Waals surface area contributed by atoms with Crippen molar-refractivity contribution in [1.82, 2.24) is 10.6 Å². The van der Waals surface area contributed by atoms with Crippen molar-refractivity contribution < 1.29 is 9.90 Å². The van der Waals surface area contributed by atoms with Gasteiger partial charge in [-0.3, -0.25) is 0 Å². The summed E-state index contributed by atoms with van der Waals surface area (Å²) in [6, 6.07) is 7.18. The minimum Gasteiger partial charge on any atom is -0.396 e. The number of aliphatic hydroxyl groups excluding tert-OH is 1. The van der Waals surface area contributed by atoms with Crippen LogP contribution < -0.4 is 10.6 Å². The number of amides is 2. The minimum atomic E-state index is -0.172. The van der Waals surface area contributed by atoms with Crippen LogP contribution in [0.5, 0.6) is 0 Å². The predicted octanol–water partition coefficient (Wildman–Crippen LogP) is 2.30. The fourth-order valence-corrected chi connectivity index (χ4v) is 1.59. The molecule has 0 saturated heterocycles. The Morgan fingerprint density at radius 3 is 2.50 bits per heavy atom. The van der Waals surface area contributed by atoms with Gasteiger partial charge in [0, 0.05) is 24.7 Å². The Kier molecular flexibility index (Phi) is 7.22. The highest BCUT2D eigenvalue weighted by molar-refractivity contribution is 6.30. The number of nitrogens with one attached hydrogen (secondary N) is 2. The van der Waals surface area contributed by atoms with Crippen LogP contribution in [0.25, 0.3) is 0 Å². The van der Waals surface area contributed by atoms with Gasteiger partial charge < -0.3 is 15.7 Å². The average molecular weight is 271 g/mol. The first-order valence-corrected chi connectivity index (χ1v) is 6.47. The van der Waals surface area contributed by atoms with E-state index in [9.17, 15) is 4.79 Å². The largest absolute Gasteiger partial charge is 0.396 e. The van der Waals surface area contributed by atoms with E-state index in [1.54, 1.807) is 12.1 Å². The summed E-state index contributed by atoms with van der Waals surface area (Å²) >= 11 is 5.77. The van der Waals surface area contributed by atoms with E-state index in [2.05, 4.69) is 10.6 Å². The third-order valence-corrected chi connectivity index (χ3v) is 2.74. The topological polar surface area (TPSA) is 61.4 Å². The Labute approximate surface area is 112 Å². The van der Waals surface area contributed by atoms with Gasteiger partial charge in [0.1, 0.15) is 0 Å². The summed E-state index contributed by atoms with van der Waals surface area (Å²) in [6.45, 7) is 1.33. The van der Waals surface area contributed by atoms with Gasteiger partial charge in [0.15, 0.2) is 0 Å². The lowest BCUT2D eigenvalue weighted by Crippen LogP contribution is -2.35. The van der Waals surface area contributed by atoms with Crippen molar-refractivity contribution in [3.8, 4) is 0 Å². The molecule has 0 bridgehead atoms. The van der Waals surface area contributed by atoms with Gasteiger partial charge in [-0.25, -0.2) is 4.79 Å². The first kappa shape index (κ1) is 14.8. The van der Waals surface area contributed by atoms with Crippen LogP contribution in [0.1, 0.15) is 24.8 Å². The summed E-state index contributed by atoms with van der Waals surface area (Å²) < 4.78 is 0. The molecular formula is C13H19ClN2O2. The maximum atomic E-state index is 11.4. The monoisotopic (exact) mass is 270 g/mol. The lowest BCUT2D eigenvalue weighted by Gasteiger charge is -2.07. The van der Waals surface area contributed by atoms with Gasteiger partial charge in [0.25, 0.3) is 0 Å². The van der Waals surface area contributed by atoms with Crippen LogP contribution in [0.15, 0.2) is 24.3 Å². The molecule has 5 heteroatoms. The SMILES string of the molecule is O=C(NCCCCCO)NCc1ccc(Cl)cc1. The lowest BCUT2D eigenvalue weighted by atomic mass is 10.2. The Morgan fingerprint density at radius 2 is 1.83 bits per heavy atom. The standard InChI is InChI=1S/C13H19ClN2O2/c14-12-6-4-11(5-7-12)10-16-13(18)15-8-2-1-3-9-17/h4-7,17H,1-3,8-10H2,(H2,15,16,18). The van der Waals surface area contributed by atoms with Gasteiger partial charge in [0.05, 0.1) is 0 Å². The molecule has 0 atom stereocenters. The Morgan fingerprint density at radius 1 is 1.11 bits per heavy atom. The van der Waals surface area contributed by atoms with Crippen molar-refractivity contribution in [3.05, 3.63) is 34.9 Å². The number of hydrogen-bond acceptors (Lipinski definition) is 2. The normalized spacial score (nSPS) is 10.1. The number of halogens is 1. The van der Waals surface area contributed by atoms with E-state index in [1.165, 1.54) is 0 Å². The second kappa shape index (κ2) is 8.78. The molecule has 1 aromatic carbocycles. The van der Waals surface area contributed by atoms with Crippen molar-refractivity contribution in [3.63, 3.8) is 0 Å². The molecule has 0 radical (unpaired) electrons. The van der Waals surface area contributed by atoms with Crippen molar-refractivity contribution in [1.29, 1.82) is 0 Å². The van der Waals surface area contributed by atoms with Crippen LogP contribution in [0.2, 0.25) is 5.02 Å². The number of carbonyl (C=O) groups excluding carboxylic acids is 1. The van der Waals surface area contributed by atoms with Crippen molar-refractivity contribution in [2.45, 2.75) is 25.8 Å². The molecule has 2 amide bonds. The number of unbranched alkanes of at least 4 members (excludes halogenated alkanes) is 2. The van der Waals surface area contributed by atoms with Gasteiger partial charge in [-0.15, -0.1) is 0 Å². The predicted molar refractivity (Wildman–Crippen MR) is 72.6 cm³/mol. The number of benzene rings is 1. The number of urea groups is 1. The maximum absolute atomic E-state index is 11.4. The van der Waals surface area contributed by atoms with E-state index < -0.39 is 0 Å². The van der Waals surface area contributed by atoms with Gasteiger partial charge in [-0.2, -0.15) is 0 Å². The molecule has 0 aliphatic carbocycles. The lowest BCUT2D eigenvalue weighted by molar-refractivity contribution is 0.240. The number of aliphatic hydroxyl groups is 1. The van der Waals surface area contributed by atoms with Crippen LogP contribution in [0.4, 0.5) is 4.79 Å². The Hall–Kier alpha value is -1.26. The zero-order chi connectivity index (χ0) is 13.2. The van der Waals surface area contributed by atoms with Gasteiger partial charge in [-0.1, -0.05) is 23.7 Å². The Bertz CT molecular complexity index is 355. The van der Waals surface area contributed by atoms with Crippen LogP contribution in [0.3, 0.4) is 0 Å². The number of hydrogen-bond donors (Lipinski definition) is 3. The molecule has 0 fully saturated rings. The summed E-state index contributed by atoms with van der Waals surface area (Å²) in [5.74, 6) is 0. The van der Waals surface area contributed by atoms with Gasteiger partial charge in [0.2, 0.25) is 0 Å². The summed E-state index contributed by atoms with van der Waals surface area (Å²) in [7, 11) is 0. The quantitative estimate of drug-likeness (QED) is 0.666. The Balaban J connectivity index is 2.11. The van der Waals surface area contributed by atoms with E-state index in [-0.39, 0.29) is 12.6 Å². The van der Waals surface area contributed by atoms with E-state index in [4.69, 9.17) is 16.7 Å².